The number of nitrogens with zero attached hydrogens (tertiary/aromatic N) is 1. The zero-order chi connectivity index (χ0) is 19.8. The van der Waals surface area contributed by atoms with E-state index in [1.165, 1.54) is 4.90 Å². The van der Waals surface area contributed by atoms with Crippen LogP contribution in [0.2, 0.25) is 0 Å². The number of benzene rings is 1. The summed E-state index contributed by atoms with van der Waals surface area (Å²) in [6.07, 6.45) is 1.73. The summed E-state index contributed by atoms with van der Waals surface area (Å²) in [7, 11) is 1.60. The average Bonchev–Trinajstić information content (AvgIpc) is 2.69. The molecule has 1 fully saturated rings. The molecule has 0 radical (unpaired) electrons. The van der Waals surface area contributed by atoms with E-state index < -0.39 is 5.97 Å². The van der Waals surface area contributed by atoms with Crippen LogP contribution in [0.4, 0.5) is 0 Å². The van der Waals surface area contributed by atoms with Crippen LogP contribution in [0.5, 0.6) is 5.75 Å². The molecule has 2 rings (SSSR count). The van der Waals surface area contributed by atoms with Crippen LogP contribution in [0.3, 0.4) is 0 Å². The quantitative estimate of drug-likeness (QED) is 0.670. The molecule has 0 saturated carbocycles. The molecule has 150 valence electrons. The number of methoxy groups -OCH3 is 1. The van der Waals surface area contributed by atoms with E-state index in [0.717, 1.165) is 31.8 Å². The van der Waals surface area contributed by atoms with Gasteiger partial charge in [-0.1, -0.05) is 0 Å². The smallest absolute Gasteiger partial charge is 0.253 e. The van der Waals surface area contributed by atoms with Crippen LogP contribution in [-0.2, 0) is 4.79 Å². The molecule has 0 aliphatic carbocycles. The average molecular weight is 376 g/mol. The van der Waals surface area contributed by atoms with Crippen molar-refractivity contribution < 1.29 is 24.3 Å². The highest BCUT2D eigenvalue weighted by atomic mass is 16.5. The number of carboxylic acids is 1. The molecule has 6 heteroatoms. The molecule has 1 aromatic rings. The highest BCUT2D eigenvalue weighted by molar-refractivity contribution is 5.94. The van der Waals surface area contributed by atoms with Crippen LogP contribution in [0.1, 0.15) is 43.5 Å². The normalized spacial score (nSPS) is 19.9. The number of amides is 1. The Balaban J connectivity index is 2.05. The second-order valence-corrected chi connectivity index (χ2v) is 7.36. The fraction of sp³-hybridized carbons (Fsp3) is 0.619. The second-order valence-electron chi connectivity index (χ2n) is 7.36. The first-order chi connectivity index (χ1) is 13.0. The van der Waals surface area contributed by atoms with Crippen molar-refractivity contribution in [2.45, 2.75) is 33.1 Å². The van der Waals surface area contributed by atoms with Crippen molar-refractivity contribution >= 4 is 11.9 Å². The number of hydrogen-bond acceptors (Lipinski definition) is 4. The molecule has 1 aliphatic rings. The Bertz CT molecular complexity index is 613. The minimum Gasteiger partial charge on any atom is -0.550 e. The minimum absolute atomic E-state index is 0.00439. The number of carboxylic acid groups (broad SMARTS) is 1. The van der Waals surface area contributed by atoms with Crippen molar-refractivity contribution in [2.24, 2.45) is 11.8 Å². The molecule has 1 aliphatic heterocycles. The van der Waals surface area contributed by atoms with E-state index in [2.05, 4.69) is 13.8 Å². The molecular weight excluding hydrogens is 344 g/mol. The first-order valence-corrected chi connectivity index (χ1v) is 9.95. The van der Waals surface area contributed by atoms with Gasteiger partial charge in [-0.2, -0.15) is 0 Å². The lowest BCUT2D eigenvalue weighted by atomic mass is 9.81. The summed E-state index contributed by atoms with van der Waals surface area (Å²) in [6, 6.07) is 7.14. The van der Waals surface area contributed by atoms with E-state index >= 15 is 0 Å². The van der Waals surface area contributed by atoms with Gasteiger partial charge >= 0.3 is 0 Å². The van der Waals surface area contributed by atoms with Crippen molar-refractivity contribution in [3.63, 3.8) is 0 Å². The molecule has 0 bridgehead atoms. The fourth-order valence-electron chi connectivity index (χ4n) is 3.98. The molecule has 1 amide bonds. The van der Waals surface area contributed by atoms with Crippen molar-refractivity contribution in [1.82, 2.24) is 4.90 Å². The summed E-state index contributed by atoms with van der Waals surface area (Å²) in [5.41, 5.74) is 0.641. The maximum Gasteiger partial charge on any atom is 0.253 e. The number of piperidine rings is 1. The van der Waals surface area contributed by atoms with Gasteiger partial charge in [-0.3, -0.25) is 4.79 Å². The van der Waals surface area contributed by atoms with E-state index in [4.69, 9.17) is 4.74 Å². The molecular formula is C21H32N2O4. The van der Waals surface area contributed by atoms with Crippen LogP contribution in [0.15, 0.2) is 24.3 Å². The van der Waals surface area contributed by atoms with E-state index in [9.17, 15) is 14.7 Å². The maximum atomic E-state index is 12.9. The third-order valence-corrected chi connectivity index (χ3v) is 5.81. The van der Waals surface area contributed by atoms with Gasteiger partial charge in [0.05, 0.1) is 26.7 Å². The minimum atomic E-state index is -0.991. The topological polar surface area (TPSA) is 74.1 Å². The number of carbonyl (C=O) groups excluding carboxylic acids is 2. The highest BCUT2D eigenvalue weighted by Gasteiger charge is 2.32. The van der Waals surface area contributed by atoms with Crippen LogP contribution >= 0.6 is 0 Å². The Labute approximate surface area is 162 Å². The predicted octanol–water partition coefficient (Wildman–Crippen LogP) is 0.228. The highest BCUT2D eigenvalue weighted by Crippen LogP contribution is 2.29. The number of quaternary nitrogens is 1. The van der Waals surface area contributed by atoms with Gasteiger partial charge in [0.15, 0.2) is 0 Å². The lowest BCUT2D eigenvalue weighted by Gasteiger charge is -2.39. The van der Waals surface area contributed by atoms with Gasteiger partial charge in [0.25, 0.3) is 5.91 Å². The van der Waals surface area contributed by atoms with Gasteiger partial charge in [0, 0.05) is 31.0 Å². The Hall–Kier alpha value is -2.08. The van der Waals surface area contributed by atoms with Crippen molar-refractivity contribution in [3.8, 4) is 5.75 Å². The monoisotopic (exact) mass is 376 g/mol. The summed E-state index contributed by atoms with van der Waals surface area (Å²) in [5.74, 6) is 0.0241. The molecule has 0 spiro atoms. The molecule has 6 nitrogen and oxygen atoms in total. The molecule has 2 atom stereocenters. The molecule has 1 N–H and O–H groups in total. The van der Waals surface area contributed by atoms with Gasteiger partial charge < -0.3 is 24.4 Å². The van der Waals surface area contributed by atoms with Crippen molar-refractivity contribution in [3.05, 3.63) is 29.8 Å². The van der Waals surface area contributed by atoms with E-state index in [1.54, 1.807) is 31.4 Å². The van der Waals surface area contributed by atoms with Crippen molar-refractivity contribution in [2.75, 3.05) is 39.8 Å². The first kappa shape index (κ1) is 21.2. The van der Waals surface area contributed by atoms with E-state index in [-0.39, 0.29) is 24.2 Å². The number of ether oxygens (including phenoxy) is 1. The van der Waals surface area contributed by atoms with Crippen LogP contribution in [0, 0.1) is 11.8 Å². The standard InChI is InChI=1S/C21H32N2O4/c1-4-22(5-2)12-10-18-15-23(13-11-17(18)14-20(24)25)21(26)16-6-8-19(27-3)9-7-16/h6-9,17-18H,4-5,10-15H2,1-3H3,(H,24,25)/t17-,18-/m0/s1. The van der Waals surface area contributed by atoms with Gasteiger partial charge in [0.2, 0.25) is 0 Å². The zero-order valence-corrected chi connectivity index (χ0v) is 16.7. The largest absolute Gasteiger partial charge is 0.550 e. The Morgan fingerprint density at radius 1 is 1.19 bits per heavy atom. The third kappa shape index (κ3) is 5.96. The lowest BCUT2D eigenvalue weighted by Crippen LogP contribution is -3.11. The van der Waals surface area contributed by atoms with Crippen LogP contribution < -0.4 is 14.7 Å². The molecule has 0 unspecified atom stereocenters. The van der Waals surface area contributed by atoms with Gasteiger partial charge in [-0.25, -0.2) is 0 Å². The Kier molecular flexibility index (Phi) is 8.10. The van der Waals surface area contributed by atoms with Crippen LogP contribution in [-0.4, -0.2) is 56.6 Å². The SMILES string of the molecule is CC[NH+](CC)CC[C@H]1CN(C(=O)c2ccc(OC)cc2)CC[C@H]1CC(=O)[O-]. The predicted molar refractivity (Wildman–Crippen MR) is 102 cm³/mol. The fourth-order valence-corrected chi connectivity index (χ4v) is 3.98. The number of aliphatic carboxylic acids is 1. The number of hydrogen-bond donors (Lipinski definition) is 1. The Morgan fingerprint density at radius 3 is 2.41 bits per heavy atom. The van der Waals surface area contributed by atoms with E-state index in [0.29, 0.717) is 25.1 Å². The van der Waals surface area contributed by atoms with Crippen LogP contribution in [0.25, 0.3) is 0 Å². The van der Waals surface area contributed by atoms with Gasteiger partial charge in [-0.15, -0.1) is 0 Å². The molecule has 1 saturated heterocycles. The first-order valence-electron chi connectivity index (χ1n) is 9.95. The summed E-state index contributed by atoms with van der Waals surface area (Å²) in [4.78, 5) is 27.4. The lowest BCUT2D eigenvalue weighted by molar-refractivity contribution is -0.897. The summed E-state index contributed by atoms with van der Waals surface area (Å²) in [5, 5.41) is 11.2. The van der Waals surface area contributed by atoms with Crippen molar-refractivity contribution in [1.29, 1.82) is 0 Å². The number of rotatable bonds is 9. The zero-order valence-electron chi connectivity index (χ0n) is 16.7. The van der Waals surface area contributed by atoms with Gasteiger partial charge in [0.1, 0.15) is 5.75 Å². The molecule has 0 aromatic heterocycles. The number of carbonyl (C=O) groups is 2. The molecule has 27 heavy (non-hydrogen) atoms. The van der Waals surface area contributed by atoms with Gasteiger partial charge in [-0.05, 0) is 62.8 Å². The summed E-state index contributed by atoms with van der Waals surface area (Å²) < 4.78 is 5.15. The second kappa shape index (κ2) is 10.3. The third-order valence-electron chi connectivity index (χ3n) is 5.81. The van der Waals surface area contributed by atoms with E-state index in [1.807, 2.05) is 4.90 Å². The number of likely N-dealkylation sites (tertiary alicyclic amines) is 1. The molecule has 1 heterocycles. The number of nitrogens with one attached hydrogen (secondary N) is 1. The maximum absolute atomic E-state index is 12.9. The summed E-state index contributed by atoms with van der Waals surface area (Å²) >= 11 is 0. The Morgan fingerprint density at radius 2 is 1.85 bits per heavy atom. The molecule has 1 aromatic carbocycles. The summed E-state index contributed by atoms with van der Waals surface area (Å²) in [6.45, 7) is 8.66.